The zero-order valence-electron chi connectivity index (χ0n) is 16.9. The Morgan fingerprint density at radius 2 is 2.00 bits per heavy atom. The molecule has 0 bridgehead atoms. The molecular weight excluding hydrogens is 464 g/mol. The van der Waals surface area contributed by atoms with Crippen molar-refractivity contribution in [3.63, 3.8) is 0 Å². The van der Waals surface area contributed by atoms with Crippen molar-refractivity contribution in [2.75, 3.05) is 13.7 Å². The van der Waals surface area contributed by atoms with Crippen molar-refractivity contribution in [2.24, 2.45) is 0 Å². The average Bonchev–Trinajstić information content (AvgIpc) is 3.19. The van der Waals surface area contributed by atoms with Crippen LogP contribution in [-0.4, -0.2) is 25.5 Å². The predicted octanol–water partition coefficient (Wildman–Crippen LogP) is 4.86. The Labute approximate surface area is 187 Å². The number of esters is 1. The Bertz CT molecular complexity index is 1210. The van der Waals surface area contributed by atoms with E-state index in [2.05, 4.69) is 21.2 Å². The molecule has 8 heteroatoms. The van der Waals surface area contributed by atoms with E-state index < -0.39 is 11.9 Å². The summed E-state index contributed by atoms with van der Waals surface area (Å²) in [5.41, 5.74) is 1.08. The Kier molecular flexibility index (Phi) is 7.11. The summed E-state index contributed by atoms with van der Waals surface area (Å²) in [4.78, 5) is 24.6. The Hall–Kier alpha value is -3.57. The van der Waals surface area contributed by atoms with Crippen LogP contribution < -0.4 is 14.8 Å². The molecule has 158 valence electrons. The van der Waals surface area contributed by atoms with Crippen molar-refractivity contribution in [3.8, 4) is 17.6 Å². The minimum absolute atomic E-state index is 0.0336. The summed E-state index contributed by atoms with van der Waals surface area (Å²) < 4.78 is 17.2. The maximum Gasteiger partial charge on any atom is 0.379 e. The van der Waals surface area contributed by atoms with Crippen molar-refractivity contribution in [1.82, 2.24) is 5.32 Å². The maximum atomic E-state index is 12.5. The van der Waals surface area contributed by atoms with Crippen molar-refractivity contribution in [3.05, 3.63) is 63.8 Å². The number of hydrogen-bond acceptors (Lipinski definition) is 6. The van der Waals surface area contributed by atoms with E-state index in [4.69, 9.17) is 13.9 Å². The summed E-state index contributed by atoms with van der Waals surface area (Å²) in [5, 5.41) is 12.7. The molecule has 2 aromatic carbocycles. The first kappa shape index (κ1) is 22.1. The average molecular weight is 483 g/mol. The topological polar surface area (TPSA) is 102 Å². The van der Waals surface area contributed by atoms with Crippen molar-refractivity contribution < 1.29 is 23.5 Å². The lowest BCUT2D eigenvalue weighted by Gasteiger charge is -2.09. The van der Waals surface area contributed by atoms with Crippen molar-refractivity contribution in [2.45, 2.75) is 13.3 Å². The van der Waals surface area contributed by atoms with Crippen molar-refractivity contribution >= 4 is 44.9 Å². The molecule has 0 aliphatic carbocycles. The van der Waals surface area contributed by atoms with Crippen LogP contribution in [0.2, 0.25) is 0 Å². The van der Waals surface area contributed by atoms with E-state index in [9.17, 15) is 14.9 Å². The highest BCUT2D eigenvalue weighted by Crippen LogP contribution is 2.31. The number of fused-ring (bicyclic) bond motifs is 1. The van der Waals surface area contributed by atoms with E-state index in [0.717, 1.165) is 16.3 Å². The fraction of sp³-hybridized carbons (Fsp3) is 0.174. The first-order chi connectivity index (χ1) is 14.9. The fourth-order valence-corrected chi connectivity index (χ4v) is 3.15. The van der Waals surface area contributed by atoms with Crippen LogP contribution in [0.4, 0.5) is 0 Å². The maximum absolute atomic E-state index is 12.5. The van der Waals surface area contributed by atoms with Crippen LogP contribution in [0.3, 0.4) is 0 Å². The van der Waals surface area contributed by atoms with Gasteiger partial charge in [-0.15, -0.1) is 0 Å². The highest BCUT2D eigenvalue weighted by Gasteiger charge is 2.18. The van der Waals surface area contributed by atoms with Gasteiger partial charge in [-0.25, -0.2) is 4.79 Å². The molecule has 1 aromatic heterocycles. The number of nitriles is 1. The third-order valence-corrected chi connectivity index (χ3v) is 4.77. The highest BCUT2D eigenvalue weighted by molar-refractivity contribution is 9.10. The van der Waals surface area contributed by atoms with E-state index in [1.165, 1.54) is 19.3 Å². The molecule has 3 rings (SSSR count). The molecule has 0 atom stereocenters. The summed E-state index contributed by atoms with van der Waals surface area (Å²) in [6.07, 6.45) is 2.21. The third-order valence-electron chi connectivity index (χ3n) is 4.28. The molecular formula is C23H19BrN2O5. The van der Waals surface area contributed by atoms with Gasteiger partial charge in [-0.2, -0.15) is 5.26 Å². The number of rotatable bonds is 7. The number of hydrogen-bond donors (Lipinski definition) is 1. The Morgan fingerprint density at radius 1 is 1.19 bits per heavy atom. The second kappa shape index (κ2) is 9.96. The van der Waals surface area contributed by atoms with E-state index in [1.807, 2.05) is 25.1 Å². The number of nitrogens with zero attached hydrogens (tertiary/aromatic N) is 1. The Morgan fingerprint density at radius 3 is 2.71 bits per heavy atom. The normalized spacial score (nSPS) is 11.1. The molecule has 1 N–H and O–H groups in total. The van der Waals surface area contributed by atoms with Gasteiger partial charge < -0.3 is 19.2 Å². The van der Waals surface area contributed by atoms with Crippen LogP contribution in [0.5, 0.6) is 11.5 Å². The van der Waals surface area contributed by atoms with E-state index in [0.29, 0.717) is 17.7 Å². The largest absolute Gasteiger partial charge is 0.493 e. The van der Waals surface area contributed by atoms with Gasteiger partial charge in [0.05, 0.1) is 7.11 Å². The molecule has 31 heavy (non-hydrogen) atoms. The van der Waals surface area contributed by atoms with Gasteiger partial charge >= 0.3 is 5.97 Å². The van der Waals surface area contributed by atoms with E-state index in [1.54, 1.807) is 24.3 Å². The SMILES string of the molecule is CCCNC(=O)/C(C#N)=C/c1ccc(OC(=O)c2cc3cc(Br)ccc3o2)c(OC)c1. The van der Waals surface area contributed by atoms with Crippen LogP contribution in [0, 0.1) is 11.3 Å². The smallest absolute Gasteiger partial charge is 0.379 e. The van der Waals surface area contributed by atoms with Gasteiger partial charge in [0.25, 0.3) is 5.91 Å². The number of amides is 1. The number of furan rings is 1. The van der Waals surface area contributed by atoms with Gasteiger partial charge in [0.1, 0.15) is 17.2 Å². The molecule has 1 heterocycles. The van der Waals surface area contributed by atoms with Crippen LogP contribution in [0.25, 0.3) is 17.0 Å². The molecule has 1 amide bonds. The molecule has 0 spiro atoms. The summed E-state index contributed by atoms with van der Waals surface area (Å²) in [6, 6.07) is 13.6. The number of benzene rings is 2. The predicted molar refractivity (Wildman–Crippen MR) is 119 cm³/mol. The van der Waals surface area contributed by atoms with Crippen molar-refractivity contribution in [1.29, 1.82) is 5.26 Å². The number of methoxy groups -OCH3 is 1. The Balaban J connectivity index is 1.82. The van der Waals surface area contributed by atoms with Gasteiger partial charge in [0.2, 0.25) is 5.76 Å². The minimum atomic E-state index is -0.675. The lowest BCUT2D eigenvalue weighted by molar-refractivity contribution is -0.117. The van der Waals surface area contributed by atoms with Gasteiger partial charge in [0.15, 0.2) is 11.5 Å². The second-order valence-corrected chi connectivity index (χ2v) is 7.43. The van der Waals surface area contributed by atoms with Crippen LogP contribution in [0.15, 0.2) is 56.9 Å². The molecule has 0 saturated heterocycles. The number of carbonyl (C=O) groups excluding carboxylic acids is 2. The standard InChI is InChI=1S/C23H19BrN2O5/c1-3-8-26-22(27)16(13-25)9-14-4-6-19(20(10-14)29-2)31-23(28)21-12-15-11-17(24)5-7-18(15)30-21/h4-7,9-12H,3,8H2,1-2H3,(H,26,27)/b16-9+. The van der Waals surface area contributed by atoms with Gasteiger partial charge in [0, 0.05) is 16.4 Å². The van der Waals surface area contributed by atoms with Crippen LogP contribution in [0.1, 0.15) is 29.5 Å². The van der Waals surface area contributed by atoms with Crippen LogP contribution >= 0.6 is 15.9 Å². The molecule has 0 unspecified atom stereocenters. The fourth-order valence-electron chi connectivity index (χ4n) is 2.77. The zero-order valence-corrected chi connectivity index (χ0v) is 18.5. The number of ether oxygens (including phenoxy) is 2. The van der Waals surface area contributed by atoms with Crippen LogP contribution in [-0.2, 0) is 4.79 Å². The molecule has 0 aliphatic rings. The van der Waals surface area contributed by atoms with Gasteiger partial charge in [-0.05, 0) is 54.5 Å². The first-order valence-electron chi connectivity index (χ1n) is 9.44. The second-order valence-electron chi connectivity index (χ2n) is 6.52. The number of carbonyl (C=O) groups is 2. The highest BCUT2D eigenvalue weighted by atomic mass is 79.9. The quantitative estimate of drug-likeness (QED) is 0.223. The van der Waals surface area contributed by atoms with Gasteiger partial charge in [-0.1, -0.05) is 28.9 Å². The van der Waals surface area contributed by atoms with E-state index in [-0.39, 0.29) is 22.8 Å². The minimum Gasteiger partial charge on any atom is -0.493 e. The first-order valence-corrected chi connectivity index (χ1v) is 10.2. The molecule has 0 aliphatic heterocycles. The molecule has 0 fully saturated rings. The van der Waals surface area contributed by atoms with E-state index >= 15 is 0 Å². The summed E-state index contributed by atoms with van der Waals surface area (Å²) in [5.74, 6) is -0.619. The summed E-state index contributed by atoms with van der Waals surface area (Å²) in [6.45, 7) is 2.40. The zero-order chi connectivity index (χ0) is 22.4. The molecule has 3 aromatic rings. The molecule has 0 saturated carbocycles. The lowest BCUT2D eigenvalue weighted by Crippen LogP contribution is -2.25. The van der Waals surface area contributed by atoms with Gasteiger partial charge in [-0.3, -0.25) is 4.79 Å². The number of halogens is 1. The molecule has 7 nitrogen and oxygen atoms in total. The lowest BCUT2D eigenvalue weighted by atomic mass is 10.1. The molecule has 0 radical (unpaired) electrons. The third kappa shape index (κ3) is 5.32. The summed E-state index contributed by atoms with van der Waals surface area (Å²) in [7, 11) is 1.43. The number of nitrogens with one attached hydrogen (secondary N) is 1. The summed E-state index contributed by atoms with van der Waals surface area (Å²) >= 11 is 3.38. The monoisotopic (exact) mass is 482 g/mol.